The molecule has 0 bridgehead atoms. The van der Waals surface area contributed by atoms with E-state index >= 15 is 0 Å². The molecular formula is C22H26ClNO4. The summed E-state index contributed by atoms with van der Waals surface area (Å²) in [6, 6.07) is 15.5. The summed E-state index contributed by atoms with van der Waals surface area (Å²) in [5, 5.41) is 9.46. The maximum absolute atomic E-state index is 12.5. The van der Waals surface area contributed by atoms with Crippen LogP contribution in [0.25, 0.3) is 11.1 Å². The Hall–Kier alpha value is -2.53. The SMILES string of the molecule is CC(C)(C)OC(=O)N(CCCC(=O)O)Cc1ccc(-c2ccccc2)c(Cl)c1. The van der Waals surface area contributed by atoms with Crippen LogP contribution in [0.2, 0.25) is 5.02 Å². The smallest absolute Gasteiger partial charge is 0.410 e. The molecule has 0 heterocycles. The Morgan fingerprint density at radius 1 is 1.11 bits per heavy atom. The molecule has 150 valence electrons. The van der Waals surface area contributed by atoms with Gasteiger partial charge >= 0.3 is 12.1 Å². The number of carboxylic acid groups (broad SMARTS) is 1. The van der Waals surface area contributed by atoms with E-state index in [9.17, 15) is 9.59 Å². The van der Waals surface area contributed by atoms with E-state index in [1.165, 1.54) is 4.90 Å². The molecule has 1 N–H and O–H groups in total. The third kappa shape index (κ3) is 6.89. The third-order valence-electron chi connectivity index (χ3n) is 3.96. The average Bonchev–Trinajstić information content (AvgIpc) is 2.60. The summed E-state index contributed by atoms with van der Waals surface area (Å²) >= 11 is 6.47. The first kappa shape index (κ1) is 21.8. The summed E-state index contributed by atoms with van der Waals surface area (Å²) in [4.78, 5) is 24.9. The van der Waals surface area contributed by atoms with Gasteiger partial charge in [0.05, 0.1) is 0 Å². The van der Waals surface area contributed by atoms with Crippen molar-refractivity contribution in [1.29, 1.82) is 0 Å². The average molecular weight is 404 g/mol. The van der Waals surface area contributed by atoms with Gasteiger partial charge in [-0.15, -0.1) is 0 Å². The van der Waals surface area contributed by atoms with Gasteiger partial charge in [0.15, 0.2) is 0 Å². The van der Waals surface area contributed by atoms with Crippen LogP contribution in [0.1, 0.15) is 39.2 Å². The minimum atomic E-state index is -0.889. The van der Waals surface area contributed by atoms with Crippen LogP contribution < -0.4 is 0 Å². The predicted molar refractivity (Wildman–Crippen MR) is 110 cm³/mol. The Labute approximate surface area is 170 Å². The molecule has 2 aromatic carbocycles. The van der Waals surface area contributed by atoms with Gasteiger partial charge < -0.3 is 14.7 Å². The molecule has 5 nitrogen and oxygen atoms in total. The molecule has 0 aliphatic carbocycles. The largest absolute Gasteiger partial charge is 0.481 e. The summed E-state index contributed by atoms with van der Waals surface area (Å²) in [6.07, 6.45) is -0.127. The molecule has 0 unspecified atom stereocenters. The second-order valence-electron chi connectivity index (χ2n) is 7.58. The molecule has 0 aliphatic heterocycles. The maximum Gasteiger partial charge on any atom is 0.410 e. The molecule has 0 atom stereocenters. The Kier molecular flexibility index (Phi) is 7.46. The van der Waals surface area contributed by atoms with Crippen LogP contribution in [0.4, 0.5) is 4.79 Å². The molecule has 0 saturated heterocycles. The van der Waals surface area contributed by atoms with Crippen molar-refractivity contribution in [3.8, 4) is 11.1 Å². The third-order valence-corrected chi connectivity index (χ3v) is 4.27. The van der Waals surface area contributed by atoms with E-state index in [4.69, 9.17) is 21.4 Å². The van der Waals surface area contributed by atoms with Crippen molar-refractivity contribution in [2.24, 2.45) is 0 Å². The topological polar surface area (TPSA) is 66.8 Å². The quantitative estimate of drug-likeness (QED) is 0.652. The Balaban J connectivity index is 2.16. The normalized spacial score (nSPS) is 11.1. The van der Waals surface area contributed by atoms with Crippen LogP contribution in [0.15, 0.2) is 48.5 Å². The molecular weight excluding hydrogens is 378 g/mol. The van der Waals surface area contributed by atoms with Crippen LogP contribution >= 0.6 is 11.6 Å². The number of aliphatic carboxylic acids is 1. The monoisotopic (exact) mass is 403 g/mol. The first-order valence-corrected chi connectivity index (χ1v) is 9.57. The fraction of sp³-hybridized carbons (Fsp3) is 0.364. The van der Waals surface area contributed by atoms with Crippen LogP contribution in [0.5, 0.6) is 0 Å². The van der Waals surface area contributed by atoms with Crippen LogP contribution in [-0.2, 0) is 16.1 Å². The fourth-order valence-electron chi connectivity index (χ4n) is 2.71. The summed E-state index contributed by atoms with van der Waals surface area (Å²) in [7, 11) is 0. The van der Waals surface area contributed by atoms with Crippen molar-refractivity contribution in [2.75, 3.05) is 6.54 Å². The molecule has 0 fully saturated rings. The van der Waals surface area contributed by atoms with Gasteiger partial charge in [0.2, 0.25) is 0 Å². The number of hydrogen-bond donors (Lipinski definition) is 1. The van der Waals surface area contributed by atoms with E-state index in [-0.39, 0.29) is 6.42 Å². The van der Waals surface area contributed by atoms with Crippen LogP contribution in [0.3, 0.4) is 0 Å². The molecule has 28 heavy (non-hydrogen) atoms. The van der Waals surface area contributed by atoms with Crippen molar-refractivity contribution in [3.05, 3.63) is 59.1 Å². The molecule has 0 aliphatic rings. The van der Waals surface area contributed by atoms with Gasteiger partial charge in [-0.25, -0.2) is 4.79 Å². The molecule has 2 rings (SSSR count). The standard InChI is InChI=1S/C22H26ClNO4/c1-22(2,3)28-21(27)24(13-7-10-20(25)26)15-16-11-12-18(19(23)14-16)17-8-5-4-6-9-17/h4-6,8-9,11-12,14H,7,10,13,15H2,1-3H3,(H,25,26). The number of ether oxygens (including phenoxy) is 1. The molecule has 2 aromatic rings. The molecule has 1 amide bonds. The number of carbonyl (C=O) groups is 2. The summed E-state index contributed by atoms with van der Waals surface area (Å²) in [6.45, 7) is 5.98. The highest BCUT2D eigenvalue weighted by Gasteiger charge is 2.22. The van der Waals surface area contributed by atoms with Gasteiger partial charge in [-0.2, -0.15) is 0 Å². The second-order valence-corrected chi connectivity index (χ2v) is 7.99. The number of nitrogens with zero attached hydrogens (tertiary/aromatic N) is 1. The van der Waals surface area contributed by atoms with Gasteiger partial charge in [0.1, 0.15) is 5.60 Å². The van der Waals surface area contributed by atoms with Crippen molar-refractivity contribution < 1.29 is 19.4 Å². The van der Waals surface area contributed by atoms with Gasteiger partial charge in [-0.1, -0.05) is 54.1 Å². The number of carboxylic acids is 1. The van der Waals surface area contributed by atoms with Gasteiger partial charge in [0.25, 0.3) is 0 Å². The fourth-order valence-corrected chi connectivity index (χ4v) is 3.02. The maximum atomic E-state index is 12.5. The number of halogens is 1. The lowest BCUT2D eigenvalue weighted by Gasteiger charge is -2.27. The minimum Gasteiger partial charge on any atom is -0.481 e. The Bertz CT molecular complexity index is 815. The van der Waals surface area contributed by atoms with Crippen molar-refractivity contribution in [3.63, 3.8) is 0 Å². The van der Waals surface area contributed by atoms with E-state index in [1.54, 1.807) is 20.8 Å². The lowest BCUT2D eigenvalue weighted by atomic mass is 10.0. The molecule has 6 heteroatoms. The second kappa shape index (κ2) is 9.60. The first-order chi connectivity index (χ1) is 13.2. The highest BCUT2D eigenvalue weighted by molar-refractivity contribution is 6.33. The number of carbonyl (C=O) groups excluding carboxylic acids is 1. The van der Waals surface area contributed by atoms with Crippen LogP contribution in [-0.4, -0.2) is 34.2 Å². The first-order valence-electron chi connectivity index (χ1n) is 9.19. The summed E-state index contributed by atoms with van der Waals surface area (Å²) < 4.78 is 5.46. The zero-order valence-corrected chi connectivity index (χ0v) is 17.2. The molecule has 0 spiro atoms. The number of rotatable bonds is 7. The predicted octanol–water partition coefficient (Wildman–Crippen LogP) is 5.61. The van der Waals surface area contributed by atoms with E-state index in [0.717, 1.165) is 16.7 Å². The molecule has 0 aromatic heterocycles. The number of benzene rings is 2. The van der Waals surface area contributed by atoms with Gasteiger partial charge in [0, 0.05) is 30.1 Å². The number of hydrogen-bond acceptors (Lipinski definition) is 3. The van der Waals surface area contributed by atoms with Gasteiger partial charge in [-0.3, -0.25) is 4.79 Å². The summed E-state index contributed by atoms with van der Waals surface area (Å²) in [5.41, 5.74) is 2.16. The van der Waals surface area contributed by atoms with Crippen molar-refractivity contribution >= 4 is 23.7 Å². The van der Waals surface area contributed by atoms with Crippen molar-refractivity contribution in [2.45, 2.75) is 45.8 Å². The lowest BCUT2D eigenvalue weighted by Crippen LogP contribution is -2.37. The van der Waals surface area contributed by atoms with Gasteiger partial charge in [-0.05, 0) is 44.4 Å². The molecule has 0 radical (unpaired) electrons. The van der Waals surface area contributed by atoms with Crippen LogP contribution in [0, 0.1) is 0 Å². The zero-order chi connectivity index (χ0) is 20.7. The highest BCUT2D eigenvalue weighted by atomic mass is 35.5. The highest BCUT2D eigenvalue weighted by Crippen LogP contribution is 2.29. The minimum absolute atomic E-state index is 0.00695. The summed E-state index contributed by atoms with van der Waals surface area (Å²) in [5.74, 6) is -0.889. The Morgan fingerprint density at radius 3 is 2.36 bits per heavy atom. The van der Waals surface area contributed by atoms with E-state index in [2.05, 4.69) is 0 Å². The van der Waals surface area contributed by atoms with Crippen molar-refractivity contribution in [1.82, 2.24) is 4.90 Å². The number of amides is 1. The zero-order valence-electron chi connectivity index (χ0n) is 16.4. The van der Waals surface area contributed by atoms with E-state index in [0.29, 0.717) is 24.5 Å². The lowest BCUT2D eigenvalue weighted by molar-refractivity contribution is -0.137. The Morgan fingerprint density at radius 2 is 1.79 bits per heavy atom. The molecule has 0 saturated carbocycles. The van der Waals surface area contributed by atoms with E-state index in [1.807, 2.05) is 48.5 Å². The van der Waals surface area contributed by atoms with E-state index < -0.39 is 17.7 Å².